The Hall–Kier alpha value is -3.49. The summed E-state index contributed by atoms with van der Waals surface area (Å²) in [5.41, 5.74) is 2.53. The van der Waals surface area contributed by atoms with Crippen LogP contribution in [0.2, 0.25) is 0 Å². The Morgan fingerprint density at radius 3 is 2.11 bits per heavy atom. The number of benzene rings is 3. The van der Waals surface area contributed by atoms with Gasteiger partial charge >= 0.3 is 0 Å². The second kappa shape index (κ2) is 12.2. The number of hydrogen-bond acceptors (Lipinski definition) is 4. The van der Waals surface area contributed by atoms with E-state index in [0.717, 1.165) is 29.5 Å². The molecule has 2 amide bonds. The number of nitrogens with one attached hydrogen (secondary N) is 2. The Labute approximate surface area is 218 Å². The van der Waals surface area contributed by atoms with E-state index in [1.165, 1.54) is 0 Å². The van der Waals surface area contributed by atoms with Crippen LogP contribution in [0.4, 0.5) is 0 Å². The van der Waals surface area contributed by atoms with Crippen LogP contribution in [0.5, 0.6) is 0 Å². The van der Waals surface area contributed by atoms with Gasteiger partial charge in [0.05, 0.1) is 4.90 Å². The van der Waals surface area contributed by atoms with Crippen molar-refractivity contribution in [2.45, 2.75) is 56.1 Å². The molecule has 0 radical (unpaired) electrons. The van der Waals surface area contributed by atoms with E-state index < -0.39 is 16.1 Å². The highest BCUT2D eigenvalue weighted by Gasteiger charge is 2.31. The second-order valence-electron chi connectivity index (χ2n) is 9.25. The molecule has 2 N–H and O–H groups in total. The molecular weight excluding hydrogens is 486 g/mol. The van der Waals surface area contributed by atoms with E-state index in [0.29, 0.717) is 19.5 Å². The summed E-state index contributed by atoms with van der Waals surface area (Å²) >= 11 is 0. The molecule has 1 saturated carbocycles. The van der Waals surface area contributed by atoms with Crippen LogP contribution in [0.25, 0.3) is 0 Å². The topological polar surface area (TPSA) is 95.6 Å². The van der Waals surface area contributed by atoms with E-state index in [4.69, 9.17) is 0 Å². The van der Waals surface area contributed by atoms with Crippen molar-refractivity contribution in [3.63, 3.8) is 0 Å². The van der Waals surface area contributed by atoms with Gasteiger partial charge in [-0.25, -0.2) is 13.1 Å². The summed E-state index contributed by atoms with van der Waals surface area (Å²) in [6.45, 7) is 2.61. The highest BCUT2D eigenvalue weighted by molar-refractivity contribution is 7.89. The van der Waals surface area contributed by atoms with Gasteiger partial charge < -0.3 is 10.2 Å². The van der Waals surface area contributed by atoms with Crippen molar-refractivity contribution >= 4 is 21.8 Å². The third-order valence-electron chi connectivity index (χ3n) is 6.30. The molecule has 1 aliphatic rings. The van der Waals surface area contributed by atoms with Gasteiger partial charge in [-0.3, -0.25) is 9.59 Å². The van der Waals surface area contributed by atoms with E-state index in [2.05, 4.69) is 10.0 Å². The molecule has 0 heterocycles. The summed E-state index contributed by atoms with van der Waals surface area (Å²) in [5.74, 6) is -0.383. The second-order valence-corrected chi connectivity index (χ2v) is 11.0. The molecule has 3 aromatic carbocycles. The zero-order valence-electron chi connectivity index (χ0n) is 21.0. The number of sulfonamides is 1. The SMILES string of the molecule is CCNC(=O)C(c1ccccc1)N(Cc1ccccc1)C(=O)CCc1ccc(S(=O)(=O)NC2CC2)cc1. The lowest BCUT2D eigenvalue weighted by Gasteiger charge is -2.31. The number of nitrogens with zero attached hydrogens (tertiary/aromatic N) is 1. The molecule has 0 saturated heterocycles. The Morgan fingerprint density at radius 1 is 0.892 bits per heavy atom. The molecule has 0 spiro atoms. The lowest BCUT2D eigenvalue weighted by molar-refractivity contribution is -0.141. The van der Waals surface area contributed by atoms with E-state index in [1.807, 2.05) is 67.6 Å². The van der Waals surface area contributed by atoms with Crippen molar-refractivity contribution in [1.29, 1.82) is 0 Å². The molecular formula is C29H33N3O4S. The predicted octanol–water partition coefficient (Wildman–Crippen LogP) is 3.97. The number of carbonyl (C=O) groups is 2. The fraction of sp³-hybridized carbons (Fsp3) is 0.310. The van der Waals surface area contributed by atoms with E-state index in [-0.39, 0.29) is 29.2 Å². The van der Waals surface area contributed by atoms with E-state index >= 15 is 0 Å². The van der Waals surface area contributed by atoms with Crippen molar-refractivity contribution in [2.75, 3.05) is 6.54 Å². The molecule has 1 unspecified atom stereocenters. The zero-order valence-corrected chi connectivity index (χ0v) is 21.8. The van der Waals surface area contributed by atoms with Gasteiger partial charge in [0.2, 0.25) is 21.8 Å². The molecule has 1 aliphatic carbocycles. The Kier molecular flexibility index (Phi) is 8.74. The molecule has 1 atom stereocenters. The predicted molar refractivity (Wildman–Crippen MR) is 143 cm³/mol. The van der Waals surface area contributed by atoms with Crippen LogP contribution in [0.3, 0.4) is 0 Å². The number of amides is 2. The van der Waals surface area contributed by atoms with Gasteiger partial charge in [0.1, 0.15) is 6.04 Å². The zero-order chi connectivity index (χ0) is 26.3. The quantitative estimate of drug-likeness (QED) is 0.379. The monoisotopic (exact) mass is 519 g/mol. The Bertz CT molecular complexity index is 1290. The van der Waals surface area contributed by atoms with Gasteiger partial charge in [-0.1, -0.05) is 72.8 Å². The molecule has 37 heavy (non-hydrogen) atoms. The molecule has 3 aromatic rings. The van der Waals surface area contributed by atoms with Crippen molar-refractivity contribution in [1.82, 2.24) is 14.9 Å². The number of rotatable bonds is 12. The summed E-state index contributed by atoms with van der Waals surface area (Å²) in [6.07, 6.45) is 2.36. The first-order valence-electron chi connectivity index (χ1n) is 12.6. The molecule has 0 aliphatic heterocycles. The molecule has 0 aromatic heterocycles. The van der Waals surface area contributed by atoms with Gasteiger partial charge in [-0.05, 0) is 55.0 Å². The fourth-order valence-electron chi connectivity index (χ4n) is 4.20. The molecule has 194 valence electrons. The first-order chi connectivity index (χ1) is 17.9. The minimum atomic E-state index is -3.52. The summed E-state index contributed by atoms with van der Waals surface area (Å²) in [7, 11) is -3.52. The minimum Gasteiger partial charge on any atom is -0.354 e. The maximum Gasteiger partial charge on any atom is 0.247 e. The van der Waals surface area contributed by atoms with Crippen molar-refractivity contribution in [3.05, 3.63) is 102 Å². The highest BCUT2D eigenvalue weighted by atomic mass is 32.2. The maximum atomic E-state index is 13.6. The highest BCUT2D eigenvalue weighted by Crippen LogP contribution is 2.26. The Morgan fingerprint density at radius 2 is 1.51 bits per heavy atom. The summed E-state index contributed by atoms with van der Waals surface area (Å²) in [6, 6.07) is 24.9. The maximum absolute atomic E-state index is 13.6. The first-order valence-corrected chi connectivity index (χ1v) is 14.1. The summed E-state index contributed by atoms with van der Waals surface area (Å²) in [5, 5.41) is 2.88. The number of aryl methyl sites for hydroxylation is 1. The fourth-order valence-corrected chi connectivity index (χ4v) is 5.51. The lowest BCUT2D eigenvalue weighted by Crippen LogP contribution is -2.43. The lowest BCUT2D eigenvalue weighted by atomic mass is 10.0. The van der Waals surface area contributed by atoms with Gasteiger partial charge in [-0.15, -0.1) is 0 Å². The molecule has 4 rings (SSSR count). The van der Waals surface area contributed by atoms with Crippen LogP contribution in [0.15, 0.2) is 89.8 Å². The van der Waals surface area contributed by atoms with Crippen LogP contribution in [0.1, 0.15) is 48.9 Å². The van der Waals surface area contributed by atoms with Crippen molar-refractivity contribution in [2.24, 2.45) is 0 Å². The van der Waals surface area contributed by atoms with Gasteiger partial charge in [0.25, 0.3) is 0 Å². The molecule has 7 nitrogen and oxygen atoms in total. The van der Waals surface area contributed by atoms with Crippen LogP contribution < -0.4 is 10.0 Å². The van der Waals surface area contributed by atoms with Crippen molar-refractivity contribution < 1.29 is 18.0 Å². The third-order valence-corrected chi connectivity index (χ3v) is 7.84. The van der Waals surface area contributed by atoms with Crippen LogP contribution in [-0.2, 0) is 32.6 Å². The first kappa shape index (κ1) is 26.6. The summed E-state index contributed by atoms with van der Waals surface area (Å²) < 4.78 is 27.6. The normalized spacial score (nSPS) is 14.1. The molecule has 0 bridgehead atoms. The van der Waals surface area contributed by atoms with Crippen molar-refractivity contribution in [3.8, 4) is 0 Å². The van der Waals surface area contributed by atoms with Crippen LogP contribution in [-0.4, -0.2) is 37.7 Å². The minimum absolute atomic E-state index is 0.0420. The van der Waals surface area contributed by atoms with Crippen LogP contribution >= 0.6 is 0 Å². The van der Waals surface area contributed by atoms with Gasteiger partial charge in [0, 0.05) is 25.6 Å². The summed E-state index contributed by atoms with van der Waals surface area (Å²) in [4.78, 5) is 28.7. The number of carbonyl (C=O) groups excluding carboxylic acids is 2. The largest absolute Gasteiger partial charge is 0.354 e. The average Bonchev–Trinajstić information content (AvgIpc) is 3.72. The number of hydrogen-bond donors (Lipinski definition) is 2. The molecule has 8 heteroatoms. The van der Waals surface area contributed by atoms with Gasteiger partial charge in [-0.2, -0.15) is 0 Å². The smallest absolute Gasteiger partial charge is 0.247 e. The third kappa shape index (κ3) is 7.27. The standard InChI is InChI=1S/C29H33N3O4S/c1-2-30-29(34)28(24-11-7-4-8-12-24)32(21-23-9-5-3-6-10-23)27(33)20-15-22-13-18-26(19-14-22)37(35,36)31-25-16-17-25/h3-14,18-19,25,28,31H,2,15-17,20-21H2,1H3,(H,30,34). The average molecular weight is 520 g/mol. The number of likely N-dealkylation sites (N-methyl/N-ethyl adjacent to an activating group) is 1. The van der Waals surface area contributed by atoms with Gasteiger partial charge in [0.15, 0.2) is 0 Å². The van der Waals surface area contributed by atoms with E-state index in [1.54, 1.807) is 29.2 Å². The molecule has 1 fully saturated rings. The Balaban J connectivity index is 1.53. The van der Waals surface area contributed by atoms with E-state index in [9.17, 15) is 18.0 Å². The van der Waals surface area contributed by atoms with Crippen LogP contribution in [0, 0.1) is 0 Å².